The van der Waals surface area contributed by atoms with Crippen molar-refractivity contribution in [3.8, 4) is 17.2 Å². The molecule has 14 amide bonds. The number of fused-ring (bicyclic) bond motifs is 7. The predicted octanol–water partition coefficient (Wildman–Crippen LogP) is 3.67. The largest absolute Gasteiger partial charge is 0.573 e. The summed E-state index contributed by atoms with van der Waals surface area (Å²) in [6.07, 6.45) is -3.54. The van der Waals surface area contributed by atoms with Crippen LogP contribution in [0.1, 0.15) is 109 Å². The van der Waals surface area contributed by atoms with Gasteiger partial charge in [0.2, 0.25) is 65.9 Å². The fourth-order valence-electron chi connectivity index (χ4n) is 17.4. The van der Waals surface area contributed by atoms with E-state index in [2.05, 4.69) is 47.3 Å². The number of carbonyl (C=O) groups is 14. The molecule has 9 aliphatic rings. The third-order valence-electron chi connectivity index (χ3n) is 23.0. The summed E-state index contributed by atoms with van der Waals surface area (Å²) < 4.78 is 95.3. The normalized spacial score (nSPS) is 27.2. The fraction of sp³-hybridized carbons (Fsp3) is 0.525. The van der Waals surface area contributed by atoms with Crippen molar-refractivity contribution in [3.05, 3.63) is 114 Å². The molecular weight excluding hydrogens is 1560 g/mol. The standard InChI is InChI=1S/C80H93F5N14O19/c1-42-27-62-76(110)114-39-56(91-67(101)55(32-47-29-49(81)34-50(82)30-47)93-79(113)89-52-19-23-64-65(35-52)117-41-116-64)73(107)96-26-10-15-61(96)75(109)98-37-46(16-22-59(98)69(103)87-43(2)70(104)97(62)36-42)28-48-33-63-77(111)115-40-57(72(106)95-25-9-14-60(95)74(108)94-24-8-7-13-58(94)68(102)86-44(3)71(105)99(63)38-48)90-66(100)54(31-45-11-5-4-6-12-45)92-78(112)88-51-17-20-53(21-18-51)118-80(83,84)85/h4-6,11-12,17-21,23,29-30,34-35,42-44,46,48,54-63H,7-10,13-16,22,24-28,31-33,36-41H2,1-3H3,(H,86,102)(H,87,103)(H,90,100)(H,91,101)(H2,88,92,112)(H2,89,93,113)/t42-,43-,44-,46?,48-,54-,55-,56-,57-,58-,59-,60-,61-,62-,63-/m0/s1. The number of piperidine rings is 2. The topological polar surface area (TPSA) is 401 Å². The Morgan fingerprint density at radius 2 is 0.975 bits per heavy atom. The number of urea groups is 2. The molecule has 1 unspecified atom stereocenters. The molecule has 8 N–H and O–H groups in total. The molecule has 118 heavy (non-hydrogen) atoms. The van der Waals surface area contributed by atoms with E-state index in [9.17, 15) is 65.1 Å². The van der Waals surface area contributed by atoms with E-state index in [-0.39, 0.29) is 133 Å². The quantitative estimate of drug-likeness (QED) is 0.0622. The molecule has 0 bridgehead atoms. The minimum atomic E-state index is -5.00. The van der Waals surface area contributed by atoms with E-state index < -0.39 is 211 Å². The minimum Gasteiger partial charge on any atom is -0.461 e. The molecule has 38 heteroatoms. The Balaban J connectivity index is 0.765. The van der Waals surface area contributed by atoms with Gasteiger partial charge in [0.25, 0.3) is 0 Å². The van der Waals surface area contributed by atoms with Gasteiger partial charge in [0.15, 0.2) is 11.5 Å². The maximum absolute atomic E-state index is 15.7. The zero-order valence-electron chi connectivity index (χ0n) is 64.9. The Kier molecular flexibility index (Phi) is 25.9. The highest BCUT2D eigenvalue weighted by Crippen LogP contribution is 2.38. The van der Waals surface area contributed by atoms with Crippen LogP contribution in [0.25, 0.3) is 0 Å². The summed E-state index contributed by atoms with van der Waals surface area (Å²) in [6.45, 7) is 2.50. The SMILES string of the molecule is C[C@H]1C[C@H]2C(=O)OC[C@H](NC(=O)[C@H](Cc3cc(F)cc(F)c3)NC(=O)Nc3ccc4c(c3)OCO4)C(=O)N3CCC[C@H]3C(=O)N3CC(C[C@H]4C[C@H]5C(=O)OC[C@H](NC(=O)[C@H](Cc6ccccc6)NC(=O)Nc6ccc(OC(F)(F)F)cc6)C(=O)N6CCC[C@H]6C(=O)N6CCCC[C@H]6C(=O)N[C@@H](C)C(=O)N5C4)CC[C@H]3C(=O)N[C@@H](C)C(=O)N2C1. The number of alkyl halides is 3. The zero-order valence-corrected chi connectivity index (χ0v) is 64.9. The molecule has 33 nitrogen and oxygen atoms in total. The molecule has 0 spiro atoms. The van der Waals surface area contributed by atoms with E-state index in [1.165, 1.54) is 61.4 Å². The Labute approximate surface area is 674 Å². The van der Waals surface area contributed by atoms with Gasteiger partial charge in [-0.15, -0.1) is 13.2 Å². The summed E-state index contributed by atoms with van der Waals surface area (Å²) in [6, 6.07) is 0.452. The Morgan fingerprint density at radius 1 is 0.483 bits per heavy atom. The Morgan fingerprint density at radius 3 is 1.57 bits per heavy atom. The van der Waals surface area contributed by atoms with E-state index in [1.807, 2.05) is 0 Å². The van der Waals surface area contributed by atoms with E-state index >= 15 is 24.0 Å². The number of hydrogen-bond donors (Lipinski definition) is 8. The lowest BCUT2D eigenvalue weighted by Crippen LogP contribution is -2.62. The van der Waals surface area contributed by atoms with Crippen molar-refractivity contribution in [1.29, 1.82) is 0 Å². The van der Waals surface area contributed by atoms with Crippen LogP contribution in [-0.4, -0.2) is 251 Å². The maximum atomic E-state index is 15.7. The van der Waals surface area contributed by atoms with Crippen molar-refractivity contribution in [1.82, 2.24) is 61.3 Å². The van der Waals surface area contributed by atoms with Crippen LogP contribution in [0.15, 0.2) is 91.0 Å². The third kappa shape index (κ3) is 19.9. The van der Waals surface area contributed by atoms with Crippen LogP contribution in [0.2, 0.25) is 0 Å². The number of benzene rings is 4. The number of hydrogen-bond acceptors (Lipinski definition) is 19. The summed E-state index contributed by atoms with van der Waals surface area (Å²) in [5, 5.41) is 20.9. The van der Waals surface area contributed by atoms with Gasteiger partial charge in [-0.3, -0.25) is 47.9 Å². The maximum Gasteiger partial charge on any atom is 0.573 e. The van der Waals surface area contributed by atoms with Gasteiger partial charge >= 0.3 is 30.4 Å². The average Bonchev–Trinajstić information content (AvgIpc) is 1.76. The predicted molar refractivity (Wildman–Crippen MR) is 403 cm³/mol. The van der Waals surface area contributed by atoms with Crippen LogP contribution >= 0.6 is 0 Å². The van der Waals surface area contributed by atoms with Crippen molar-refractivity contribution in [3.63, 3.8) is 0 Å². The minimum absolute atomic E-state index is 0.00434. The molecule has 0 saturated carbocycles. The highest BCUT2D eigenvalue weighted by atomic mass is 19.4. The summed E-state index contributed by atoms with van der Waals surface area (Å²) in [5.41, 5.74) is 0.602. The van der Waals surface area contributed by atoms with Crippen LogP contribution in [0.3, 0.4) is 0 Å². The van der Waals surface area contributed by atoms with Crippen LogP contribution in [0.4, 0.5) is 42.9 Å². The second-order valence-corrected chi connectivity index (χ2v) is 31.5. The molecule has 0 radical (unpaired) electrons. The first-order chi connectivity index (χ1) is 56.4. The van der Waals surface area contributed by atoms with Gasteiger partial charge in [-0.1, -0.05) is 37.3 Å². The smallest absolute Gasteiger partial charge is 0.461 e. The monoisotopic (exact) mass is 1650 g/mol. The first kappa shape index (κ1) is 84.0. The van der Waals surface area contributed by atoms with E-state index in [0.29, 0.717) is 42.4 Å². The number of nitrogens with one attached hydrogen (secondary N) is 8. The van der Waals surface area contributed by atoms with Crippen molar-refractivity contribution in [2.45, 2.75) is 190 Å². The molecule has 15 atom stereocenters. The van der Waals surface area contributed by atoms with Gasteiger partial charge in [0.1, 0.15) is 103 Å². The van der Waals surface area contributed by atoms with Crippen molar-refractivity contribution >= 4 is 94.4 Å². The molecule has 0 aliphatic carbocycles. The van der Waals surface area contributed by atoms with Gasteiger partial charge in [-0.25, -0.2) is 28.0 Å². The van der Waals surface area contributed by atoms with Crippen molar-refractivity contribution < 1.29 is 113 Å². The Bertz CT molecular complexity index is 4510. The van der Waals surface area contributed by atoms with Gasteiger partial charge < -0.3 is 95.6 Å². The highest BCUT2D eigenvalue weighted by Gasteiger charge is 2.51. The highest BCUT2D eigenvalue weighted by molar-refractivity contribution is 6.01. The summed E-state index contributed by atoms with van der Waals surface area (Å²) in [7, 11) is 0. The number of esters is 2. The number of amides is 14. The van der Waals surface area contributed by atoms with E-state index in [1.54, 1.807) is 37.3 Å². The molecular formula is C80H93F5N14O19. The number of rotatable bonds is 15. The Hall–Kier alpha value is -11.9. The lowest BCUT2D eigenvalue weighted by Gasteiger charge is -2.42. The molecule has 9 heterocycles. The molecule has 4 aromatic rings. The lowest BCUT2D eigenvalue weighted by molar-refractivity contribution is -0.274. The zero-order chi connectivity index (χ0) is 84.0. The van der Waals surface area contributed by atoms with Gasteiger partial charge in [0, 0.05) is 75.6 Å². The number of anilines is 2. The molecule has 4 aromatic carbocycles. The van der Waals surface area contributed by atoms with Gasteiger partial charge in [-0.05, 0) is 168 Å². The first-order valence-corrected chi connectivity index (χ1v) is 39.7. The van der Waals surface area contributed by atoms with Crippen LogP contribution in [0, 0.1) is 29.4 Å². The molecule has 8 fully saturated rings. The summed E-state index contributed by atoms with van der Waals surface area (Å²) in [5.74, 6) is -13.4. The van der Waals surface area contributed by atoms with E-state index in [0.717, 1.165) is 36.4 Å². The second-order valence-electron chi connectivity index (χ2n) is 31.5. The number of carbonyl (C=O) groups excluding carboxylic acids is 14. The lowest BCUT2D eigenvalue weighted by atomic mass is 9.84. The van der Waals surface area contributed by atoms with Crippen LogP contribution < -0.4 is 56.7 Å². The van der Waals surface area contributed by atoms with Crippen LogP contribution in [-0.2, 0) is 79.8 Å². The summed E-state index contributed by atoms with van der Waals surface area (Å²) in [4.78, 5) is 215. The van der Waals surface area contributed by atoms with Gasteiger partial charge in [-0.2, -0.15) is 0 Å². The fourth-order valence-corrected chi connectivity index (χ4v) is 17.4. The molecule has 13 rings (SSSR count). The first-order valence-electron chi connectivity index (χ1n) is 39.7. The van der Waals surface area contributed by atoms with Crippen LogP contribution in [0.5, 0.6) is 17.2 Å². The van der Waals surface area contributed by atoms with E-state index in [4.69, 9.17) is 18.9 Å². The molecule has 632 valence electrons. The average molecular weight is 1650 g/mol. The second kappa shape index (κ2) is 36.3. The van der Waals surface area contributed by atoms with Crippen molar-refractivity contribution in [2.24, 2.45) is 17.8 Å². The number of nitrogens with zero attached hydrogens (tertiary/aromatic N) is 6. The van der Waals surface area contributed by atoms with Crippen molar-refractivity contribution in [2.75, 3.05) is 69.9 Å². The number of halogens is 5. The number of cyclic esters (lactones) is 2. The molecule has 8 saturated heterocycles. The third-order valence-corrected chi connectivity index (χ3v) is 23.0. The van der Waals surface area contributed by atoms with Gasteiger partial charge in [0.05, 0.1) is 0 Å². The number of ether oxygens (including phenoxy) is 5. The molecule has 0 aromatic heterocycles. The molecule has 9 aliphatic heterocycles. The summed E-state index contributed by atoms with van der Waals surface area (Å²) >= 11 is 0.